The van der Waals surface area contributed by atoms with Gasteiger partial charge in [0.15, 0.2) is 6.61 Å². The van der Waals surface area contributed by atoms with Crippen molar-refractivity contribution >= 4 is 35.1 Å². The standard InChI is InChI=1S/C25H30N2O6/c1-4-15-32-25(31)19-11-13-20(14-12-19)26-21(28)9-6-10-23(30)33-16-22(29)27-24-17(2)7-5-8-18(24)3/h5,7-8,11-14H,4,6,9-10,15-16H2,1-3H3,(H,26,28)(H,27,29). The lowest BCUT2D eigenvalue weighted by Gasteiger charge is -2.11. The van der Waals surface area contributed by atoms with Crippen molar-refractivity contribution in [3.63, 3.8) is 0 Å². The lowest BCUT2D eigenvalue weighted by Crippen LogP contribution is -2.22. The number of anilines is 2. The van der Waals surface area contributed by atoms with Crippen LogP contribution >= 0.6 is 0 Å². The van der Waals surface area contributed by atoms with E-state index in [1.165, 1.54) is 0 Å². The van der Waals surface area contributed by atoms with Gasteiger partial charge >= 0.3 is 11.9 Å². The minimum atomic E-state index is -0.547. The Morgan fingerprint density at radius 1 is 0.818 bits per heavy atom. The number of rotatable bonds is 11. The van der Waals surface area contributed by atoms with Gasteiger partial charge in [0.1, 0.15) is 0 Å². The summed E-state index contributed by atoms with van der Waals surface area (Å²) < 4.78 is 10.0. The number of para-hydroxylation sites is 1. The molecular formula is C25H30N2O6. The molecule has 8 heteroatoms. The Bertz CT molecular complexity index is 965. The Labute approximate surface area is 193 Å². The first-order valence-corrected chi connectivity index (χ1v) is 10.9. The van der Waals surface area contributed by atoms with E-state index in [0.29, 0.717) is 23.5 Å². The van der Waals surface area contributed by atoms with Gasteiger partial charge in [-0.2, -0.15) is 0 Å². The number of aryl methyl sites for hydroxylation is 2. The first kappa shape index (κ1) is 25.6. The third-order valence-electron chi connectivity index (χ3n) is 4.74. The second kappa shape index (κ2) is 13.0. The number of esters is 2. The molecule has 33 heavy (non-hydrogen) atoms. The lowest BCUT2D eigenvalue weighted by atomic mass is 10.1. The third kappa shape index (κ3) is 8.76. The van der Waals surface area contributed by atoms with E-state index in [9.17, 15) is 19.2 Å². The molecule has 8 nitrogen and oxygen atoms in total. The summed E-state index contributed by atoms with van der Waals surface area (Å²) >= 11 is 0. The van der Waals surface area contributed by atoms with Gasteiger partial charge in [-0.1, -0.05) is 25.1 Å². The molecule has 0 radical (unpaired) electrons. The summed E-state index contributed by atoms with van der Waals surface area (Å²) in [5, 5.41) is 5.45. The summed E-state index contributed by atoms with van der Waals surface area (Å²) in [7, 11) is 0. The van der Waals surface area contributed by atoms with Crippen molar-refractivity contribution in [2.45, 2.75) is 46.5 Å². The van der Waals surface area contributed by atoms with Gasteiger partial charge in [-0.25, -0.2) is 4.79 Å². The predicted molar refractivity (Wildman–Crippen MR) is 125 cm³/mol. The molecule has 0 aliphatic rings. The first-order valence-electron chi connectivity index (χ1n) is 10.9. The molecule has 0 bridgehead atoms. The minimum absolute atomic E-state index is 0.0201. The largest absolute Gasteiger partial charge is 0.462 e. The summed E-state index contributed by atoms with van der Waals surface area (Å²) in [5.41, 5.74) is 3.50. The van der Waals surface area contributed by atoms with Crippen LogP contribution in [0, 0.1) is 13.8 Å². The SMILES string of the molecule is CCCOC(=O)c1ccc(NC(=O)CCCC(=O)OCC(=O)Nc2c(C)cccc2C)cc1. The summed E-state index contributed by atoms with van der Waals surface area (Å²) in [4.78, 5) is 47.8. The van der Waals surface area contributed by atoms with Gasteiger partial charge in [-0.05, 0) is 62.1 Å². The van der Waals surface area contributed by atoms with E-state index in [4.69, 9.17) is 9.47 Å². The van der Waals surface area contributed by atoms with Gasteiger partial charge in [-0.15, -0.1) is 0 Å². The molecule has 0 atom stereocenters. The maximum Gasteiger partial charge on any atom is 0.338 e. The maximum atomic E-state index is 12.1. The molecule has 0 saturated carbocycles. The summed E-state index contributed by atoms with van der Waals surface area (Å²) in [6.07, 6.45) is 1.16. The van der Waals surface area contributed by atoms with Gasteiger partial charge in [0, 0.05) is 24.2 Å². The van der Waals surface area contributed by atoms with Gasteiger partial charge in [-0.3, -0.25) is 14.4 Å². The highest BCUT2D eigenvalue weighted by Crippen LogP contribution is 2.19. The van der Waals surface area contributed by atoms with Crippen molar-refractivity contribution in [1.82, 2.24) is 0 Å². The molecule has 2 N–H and O–H groups in total. The zero-order valence-electron chi connectivity index (χ0n) is 19.2. The summed E-state index contributed by atoms with van der Waals surface area (Å²) in [6, 6.07) is 12.1. The smallest absolute Gasteiger partial charge is 0.338 e. The second-order valence-electron chi connectivity index (χ2n) is 7.59. The monoisotopic (exact) mass is 454 g/mol. The topological polar surface area (TPSA) is 111 Å². The van der Waals surface area contributed by atoms with Crippen LogP contribution in [0.3, 0.4) is 0 Å². The Kier molecular flexibility index (Phi) is 10.1. The molecule has 2 rings (SSSR count). The van der Waals surface area contributed by atoms with Crippen LogP contribution in [0.5, 0.6) is 0 Å². The fourth-order valence-electron chi connectivity index (χ4n) is 2.99. The van der Waals surface area contributed by atoms with Crippen LogP contribution in [0.15, 0.2) is 42.5 Å². The molecule has 2 amide bonds. The number of hydrogen-bond donors (Lipinski definition) is 2. The molecule has 0 fully saturated rings. The van der Waals surface area contributed by atoms with Crippen LogP contribution in [0.1, 0.15) is 54.1 Å². The first-order chi connectivity index (χ1) is 15.8. The highest BCUT2D eigenvalue weighted by atomic mass is 16.5. The Balaban J connectivity index is 1.67. The van der Waals surface area contributed by atoms with Crippen LogP contribution in [0.4, 0.5) is 11.4 Å². The number of nitrogens with one attached hydrogen (secondary N) is 2. The zero-order valence-corrected chi connectivity index (χ0v) is 19.2. The number of amides is 2. The molecule has 0 aromatic heterocycles. The van der Waals surface area contributed by atoms with Crippen molar-refractivity contribution in [2.24, 2.45) is 0 Å². The number of carbonyl (C=O) groups is 4. The highest BCUT2D eigenvalue weighted by Gasteiger charge is 2.12. The summed E-state index contributed by atoms with van der Waals surface area (Å²) in [6.45, 7) is 5.66. The molecule has 0 saturated heterocycles. The molecule has 2 aromatic rings. The number of carbonyl (C=O) groups excluding carboxylic acids is 4. The van der Waals surface area contributed by atoms with Crippen molar-refractivity contribution in [1.29, 1.82) is 0 Å². The van der Waals surface area contributed by atoms with Crippen LogP contribution in [0.25, 0.3) is 0 Å². The van der Waals surface area contributed by atoms with Crippen molar-refractivity contribution in [2.75, 3.05) is 23.8 Å². The average Bonchev–Trinajstić information content (AvgIpc) is 2.79. The average molecular weight is 455 g/mol. The van der Waals surface area contributed by atoms with Crippen LogP contribution in [-0.4, -0.2) is 37.0 Å². The van der Waals surface area contributed by atoms with Gasteiger partial charge < -0.3 is 20.1 Å². The van der Waals surface area contributed by atoms with E-state index >= 15 is 0 Å². The predicted octanol–water partition coefficient (Wildman–Crippen LogP) is 4.16. The molecular weight excluding hydrogens is 424 g/mol. The fraction of sp³-hybridized carbons (Fsp3) is 0.360. The van der Waals surface area contributed by atoms with Crippen molar-refractivity contribution < 1.29 is 28.7 Å². The Hall–Kier alpha value is -3.68. The normalized spacial score (nSPS) is 10.3. The number of ether oxygens (including phenoxy) is 2. The van der Waals surface area contributed by atoms with Gasteiger partial charge in [0.05, 0.1) is 12.2 Å². The van der Waals surface area contributed by atoms with Crippen LogP contribution in [-0.2, 0) is 23.9 Å². The second-order valence-corrected chi connectivity index (χ2v) is 7.59. The summed E-state index contributed by atoms with van der Waals surface area (Å²) in [5.74, 6) is -1.64. The molecule has 2 aromatic carbocycles. The fourth-order valence-corrected chi connectivity index (χ4v) is 2.99. The van der Waals surface area contributed by atoms with Crippen molar-refractivity contribution in [3.8, 4) is 0 Å². The van der Waals surface area contributed by atoms with Crippen LogP contribution < -0.4 is 10.6 Å². The third-order valence-corrected chi connectivity index (χ3v) is 4.74. The van der Waals surface area contributed by atoms with E-state index < -0.39 is 17.8 Å². The van der Waals surface area contributed by atoms with E-state index in [1.807, 2.05) is 39.0 Å². The van der Waals surface area contributed by atoms with E-state index in [2.05, 4.69) is 10.6 Å². The molecule has 0 unspecified atom stereocenters. The van der Waals surface area contributed by atoms with Crippen LogP contribution in [0.2, 0.25) is 0 Å². The van der Waals surface area contributed by atoms with Gasteiger partial charge in [0.25, 0.3) is 5.91 Å². The number of benzene rings is 2. The van der Waals surface area contributed by atoms with Crippen molar-refractivity contribution in [3.05, 3.63) is 59.2 Å². The number of hydrogen-bond acceptors (Lipinski definition) is 6. The van der Waals surface area contributed by atoms with Gasteiger partial charge in [0.2, 0.25) is 5.91 Å². The molecule has 176 valence electrons. The highest BCUT2D eigenvalue weighted by molar-refractivity contribution is 5.94. The molecule has 0 aliphatic heterocycles. The minimum Gasteiger partial charge on any atom is -0.462 e. The lowest BCUT2D eigenvalue weighted by molar-refractivity contribution is -0.147. The van der Waals surface area contributed by atoms with E-state index in [1.54, 1.807) is 24.3 Å². The molecule has 0 aliphatic carbocycles. The Morgan fingerprint density at radius 2 is 1.48 bits per heavy atom. The molecule has 0 heterocycles. The van der Waals surface area contributed by atoms with E-state index in [-0.39, 0.29) is 31.8 Å². The van der Waals surface area contributed by atoms with E-state index in [0.717, 1.165) is 17.5 Å². The maximum absolute atomic E-state index is 12.1. The Morgan fingerprint density at radius 3 is 2.12 bits per heavy atom. The molecule has 0 spiro atoms. The zero-order chi connectivity index (χ0) is 24.2. The quantitative estimate of drug-likeness (QED) is 0.493.